The second-order valence-electron chi connectivity index (χ2n) is 19.1. The number of benzene rings is 12. The predicted molar refractivity (Wildman–Crippen MR) is 300 cm³/mol. The van der Waals surface area contributed by atoms with Crippen molar-refractivity contribution in [3.63, 3.8) is 0 Å². The summed E-state index contributed by atoms with van der Waals surface area (Å²) in [6.45, 7) is 0. The van der Waals surface area contributed by atoms with Gasteiger partial charge in [-0.2, -0.15) is 0 Å². The Kier molecular flexibility index (Phi) is 8.87. The number of hydrogen-bond donors (Lipinski definition) is 0. The fourth-order valence-corrected chi connectivity index (χ4v) is 12.4. The minimum atomic E-state index is -0.638. The highest BCUT2D eigenvalue weighted by molar-refractivity contribution is 6.14. The Morgan fingerprint density at radius 2 is 0.806 bits per heavy atom. The maximum atomic E-state index is 6.52. The lowest BCUT2D eigenvalue weighted by molar-refractivity contribution is 0.669. The van der Waals surface area contributed by atoms with Gasteiger partial charge in [-0.1, -0.05) is 194 Å². The van der Waals surface area contributed by atoms with Gasteiger partial charge in [0, 0.05) is 33.7 Å². The molecule has 0 fully saturated rings. The molecule has 0 saturated carbocycles. The first kappa shape index (κ1) is 40.4. The van der Waals surface area contributed by atoms with E-state index in [0.717, 1.165) is 56.1 Å². The molecule has 336 valence electrons. The first-order valence-electron chi connectivity index (χ1n) is 24.8. The van der Waals surface area contributed by atoms with Crippen molar-refractivity contribution >= 4 is 77.6 Å². The van der Waals surface area contributed by atoms with Gasteiger partial charge in [0.1, 0.15) is 11.2 Å². The molecule has 2 aliphatic rings. The van der Waals surface area contributed by atoms with Gasteiger partial charge in [0.25, 0.3) is 0 Å². The van der Waals surface area contributed by atoms with E-state index in [9.17, 15) is 0 Å². The highest BCUT2D eigenvalue weighted by Gasteiger charge is 2.52. The second-order valence-corrected chi connectivity index (χ2v) is 19.1. The summed E-state index contributed by atoms with van der Waals surface area (Å²) >= 11 is 0. The summed E-state index contributed by atoms with van der Waals surface area (Å²) in [6.07, 6.45) is 0. The number of anilines is 6. The maximum Gasteiger partial charge on any atom is 0.137 e. The molecular formula is C69H44N2O. The molecule has 3 heteroatoms. The Balaban J connectivity index is 1.01. The normalized spacial score (nSPS) is 14.2. The largest absolute Gasteiger partial charge is 0.456 e. The third kappa shape index (κ3) is 5.85. The van der Waals surface area contributed by atoms with Crippen LogP contribution in [0.15, 0.2) is 271 Å². The van der Waals surface area contributed by atoms with Gasteiger partial charge < -0.3 is 14.2 Å². The minimum absolute atomic E-state index is 0.638. The first-order valence-corrected chi connectivity index (χ1v) is 24.8. The molecule has 1 unspecified atom stereocenters. The molecule has 2 aliphatic carbocycles. The van der Waals surface area contributed by atoms with Crippen molar-refractivity contribution in [1.82, 2.24) is 0 Å². The van der Waals surface area contributed by atoms with Crippen LogP contribution in [-0.2, 0) is 5.41 Å². The number of fused-ring (bicyclic) bond motifs is 15. The molecule has 12 aromatic carbocycles. The Labute approximate surface area is 417 Å². The average Bonchev–Trinajstić information content (AvgIpc) is 4.08. The number of furan rings is 1. The van der Waals surface area contributed by atoms with Gasteiger partial charge in [-0.3, -0.25) is 0 Å². The molecule has 1 spiro atoms. The van der Waals surface area contributed by atoms with Crippen LogP contribution in [0, 0.1) is 0 Å². The molecular weight excluding hydrogens is 873 g/mol. The standard InChI is InChI=1S/C69H44N2O/c1-3-20-47(21-4-1)67-53-25-10-9-19-46(53)35-41-64(67)71(50-36-34-45-18-7-8-22-48(45)42-50)52-38-40-57-55-27-12-15-30-60(55)69(62(57)44-52)59-29-14-11-26-54(59)56-39-37-51(43-61(56)69)70(49-23-5-2-6-24-49)63-31-17-33-66-68(63)58-28-13-16-32-65(58)72-66/h1-44H. The lowest BCUT2D eigenvalue weighted by Gasteiger charge is -2.34. The number of rotatable bonds is 7. The molecule has 1 heterocycles. The Bertz CT molecular complexity index is 4290. The molecule has 0 saturated heterocycles. The van der Waals surface area contributed by atoms with E-state index >= 15 is 0 Å². The molecule has 0 amide bonds. The van der Waals surface area contributed by atoms with E-state index in [0.29, 0.717) is 0 Å². The van der Waals surface area contributed by atoms with E-state index < -0.39 is 5.41 Å². The fraction of sp³-hybridized carbons (Fsp3) is 0.0145. The van der Waals surface area contributed by atoms with Gasteiger partial charge in [-0.15, -0.1) is 0 Å². The first-order chi connectivity index (χ1) is 35.7. The zero-order valence-electron chi connectivity index (χ0n) is 39.2. The zero-order chi connectivity index (χ0) is 47.3. The molecule has 15 rings (SSSR count). The summed E-state index contributed by atoms with van der Waals surface area (Å²) in [5.74, 6) is 0. The summed E-state index contributed by atoms with van der Waals surface area (Å²) in [6, 6.07) is 98.1. The summed E-state index contributed by atoms with van der Waals surface area (Å²) in [7, 11) is 0. The third-order valence-corrected chi connectivity index (χ3v) is 15.4. The molecule has 0 aliphatic heterocycles. The molecule has 0 N–H and O–H groups in total. The van der Waals surface area contributed by atoms with Crippen molar-refractivity contribution in [2.75, 3.05) is 9.80 Å². The predicted octanol–water partition coefficient (Wildman–Crippen LogP) is 18.8. The molecule has 1 aromatic heterocycles. The molecule has 0 bridgehead atoms. The fourth-order valence-electron chi connectivity index (χ4n) is 12.4. The second kappa shape index (κ2) is 15.8. The number of para-hydroxylation sites is 2. The monoisotopic (exact) mass is 916 g/mol. The van der Waals surface area contributed by atoms with Gasteiger partial charge in [-0.05, 0) is 144 Å². The molecule has 72 heavy (non-hydrogen) atoms. The average molecular weight is 917 g/mol. The lowest BCUT2D eigenvalue weighted by Crippen LogP contribution is -2.26. The van der Waals surface area contributed by atoms with E-state index in [1.807, 2.05) is 6.07 Å². The van der Waals surface area contributed by atoms with E-state index in [-0.39, 0.29) is 0 Å². The van der Waals surface area contributed by atoms with Crippen molar-refractivity contribution in [2.45, 2.75) is 5.41 Å². The maximum absolute atomic E-state index is 6.52. The van der Waals surface area contributed by atoms with E-state index in [4.69, 9.17) is 4.42 Å². The van der Waals surface area contributed by atoms with Crippen LogP contribution in [0.4, 0.5) is 34.1 Å². The van der Waals surface area contributed by atoms with Gasteiger partial charge in [-0.25, -0.2) is 0 Å². The van der Waals surface area contributed by atoms with Crippen LogP contribution in [0.25, 0.3) is 76.9 Å². The number of hydrogen-bond acceptors (Lipinski definition) is 3. The van der Waals surface area contributed by atoms with Crippen LogP contribution in [0.3, 0.4) is 0 Å². The van der Waals surface area contributed by atoms with Crippen molar-refractivity contribution in [3.05, 3.63) is 289 Å². The van der Waals surface area contributed by atoms with Gasteiger partial charge in [0.05, 0.1) is 22.2 Å². The Morgan fingerprint density at radius 1 is 0.292 bits per heavy atom. The number of nitrogens with zero attached hydrogens (tertiary/aromatic N) is 2. The van der Waals surface area contributed by atoms with Crippen LogP contribution >= 0.6 is 0 Å². The van der Waals surface area contributed by atoms with Crippen LogP contribution in [-0.4, -0.2) is 0 Å². The van der Waals surface area contributed by atoms with Crippen molar-refractivity contribution in [2.24, 2.45) is 0 Å². The SMILES string of the molecule is c1ccc(-c2c(N(c3ccc4c(c3)C3(c5ccccc5-4)c4ccccc4-c4ccc(N(c5ccccc5)c5cccc6oc7ccccc7c56)cc43)c3ccc4ccccc4c3)ccc3ccccc23)cc1. The Morgan fingerprint density at radius 3 is 1.53 bits per heavy atom. The van der Waals surface area contributed by atoms with Crippen LogP contribution in [0.5, 0.6) is 0 Å². The van der Waals surface area contributed by atoms with E-state index in [1.165, 1.54) is 77.2 Å². The van der Waals surface area contributed by atoms with E-state index in [2.05, 4.69) is 271 Å². The molecule has 1 atom stereocenters. The van der Waals surface area contributed by atoms with Crippen LogP contribution in [0.1, 0.15) is 22.3 Å². The van der Waals surface area contributed by atoms with Crippen LogP contribution < -0.4 is 9.80 Å². The minimum Gasteiger partial charge on any atom is -0.456 e. The van der Waals surface area contributed by atoms with Gasteiger partial charge in [0.2, 0.25) is 0 Å². The van der Waals surface area contributed by atoms with Gasteiger partial charge >= 0.3 is 0 Å². The van der Waals surface area contributed by atoms with Crippen molar-refractivity contribution < 1.29 is 4.42 Å². The highest BCUT2D eigenvalue weighted by atomic mass is 16.3. The molecule has 3 nitrogen and oxygen atoms in total. The smallest absolute Gasteiger partial charge is 0.137 e. The van der Waals surface area contributed by atoms with Crippen molar-refractivity contribution in [3.8, 4) is 33.4 Å². The Hall–Kier alpha value is -9.44. The quantitative estimate of drug-likeness (QED) is 0.159. The molecule has 13 aromatic rings. The zero-order valence-corrected chi connectivity index (χ0v) is 39.2. The van der Waals surface area contributed by atoms with Crippen LogP contribution in [0.2, 0.25) is 0 Å². The van der Waals surface area contributed by atoms with E-state index in [1.54, 1.807) is 0 Å². The topological polar surface area (TPSA) is 19.6 Å². The summed E-state index contributed by atoms with van der Waals surface area (Å²) < 4.78 is 6.52. The summed E-state index contributed by atoms with van der Waals surface area (Å²) in [4.78, 5) is 4.93. The summed E-state index contributed by atoms with van der Waals surface area (Å²) in [5, 5.41) is 7.01. The summed E-state index contributed by atoms with van der Waals surface area (Å²) in [5.41, 5.74) is 20.1. The third-order valence-electron chi connectivity index (χ3n) is 15.4. The lowest BCUT2D eigenvalue weighted by atomic mass is 9.70. The van der Waals surface area contributed by atoms with Gasteiger partial charge in [0.15, 0.2) is 0 Å². The highest BCUT2D eigenvalue weighted by Crippen LogP contribution is 2.64. The molecule has 0 radical (unpaired) electrons. The van der Waals surface area contributed by atoms with Crippen molar-refractivity contribution in [1.29, 1.82) is 0 Å².